The second-order valence-electron chi connectivity index (χ2n) is 9.42. The Kier molecular flexibility index (Phi) is 11.4. The fourth-order valence-electron chi connectivity index (χ4n) is 4.44. The Morgan fingerprint density at radius 3 is 1.32 bits per heavy atom. The first-order valence-corrected chi connectivity index (χ1v) is 10.3. The number of rotatable bonds is 5. The summed E-state index contributed by atoms with van der Waals surface area (Å²) in [5.74, 6) is 2.06. The number of benzene rings is 2. The summed E-state index contributed by atoms with van der Waals surface area (Å²) in [6.45, 7) is 17.7. The SMILES string of the molecule is C.CC(C)[C@@H](c1ccccc1)C(C)(C)C.CC(C)[C@@H](c1ccccc1)[C@@H](C)O. The molecule has 0 radical (unpaired) electrons. The van der Waals surface area contributed by atoms with Crippen molar-refractivity contribution in [2.75, 3.05) is 0 Å². The van der Waals surface area contributed by atoms with Crippen LogP contribution in [0.2, 0.25) is 0 Å². The minimum Gasteiger partial charge on any atom is -0.393 e. The molecule has 2 aromatic rings. The normalized spacial score (nSPS) is 14.5. The van der Waals surface area contributed by atoms with Gasteiger partial charge < -0.3 is 5.11 Å². The zero-order valence-corrected chi connectivity index (χ0v) is 18.6. The highest BCUT2D eigenvalue weighted by Gasteiger charge is 2.28. The molecule has 0 saturated heterocycles. The van der Waals surface area contributed by atoms with Crippen LogP contribution in [0.3, 0.4) is 0 Å². The molecule has 0 spiro atoms. The first-order chi connectivity index (χ1) is 12.6. The standard InChI is InChI=1S/C14H22.C12H18O.CH4/c1-11(2)13(14(3,4)5)12-9-7-6-8-10-12;1-9(2)12(10(3)13)11-7-5-4-6-8-11;/h6-11,13H,1-5H3;4-10,12-13H,1-3H3;1H4/t13-;10-,12-;/m01./s1. The van der Waals surface area contributed by atoms with E-state index in [9.17, 15) is 5.11 Å². The second kappa shape index (κ2) is 12.1. The predicted octanol–water partition coefficient (Wildman–Crippen LogP) is 7.92. The topological polar surface area (TPSA) is 20.2 Å². The molecule has 0 fully saturated rings. The Morgan fingerprint density at radius 1 is 0.643 bits per heavy atom. The van der Waals surface area contributed by atoms with Crippen LogP contribution >= 0.6 is 0 Å². The van der Waals surface area contributed by atoms with Crippen molar-refractivity contribution in [3.8, 4) is 0 Å². The van der Waals surface area contributed by atoms with Crippen LogP contribution < -0.4 is 0 Å². The zero-order valence-electron chi connectivity index (χ0n) is 18.6. The van der Waals surface area contributed by atoms with Gasteiger partial charge in [-0.25, -0.2) is 0 Å². The van der Waals surface area contributed by atoms with Crippen LogP contribution in [0.25, 0.3) is 0 Å². The van der Waals surface area contributed by atoms with Crippen LogP contribution in [0.1, 0.15) is 85.8 Å². The van der Waals surface area contributed by atoms with Crippen molar-refractivity contribution in [1.82, 2.24) is 0 Å². The van der Waals surface area contributed by atoms with Crippen LogP contribution in [0.5, 0.6) is 0 Å². The van der Waals surface area contributed by atoms with E-state index in [4.69, 9.17) is 0 Å². The molecule has 0 saturated carbocycles. The highest BCUT2D eigenvalue weighted by atomic mass is 16.3. The van der Waals surface area contributed by atoms with Gasteiger partial charge in [0.15, 0.2) is 0 Å². The summed E-state index contributed by atoms with van der Waals surface area (Å²) in [4.78, 5) is 0. The highest BCUT2D eigenvalue weighted by molar-refractivity contribution is 5.22. The van der Waals surface area contributed by atoms with Gasteiger partial charge >= 0.3 is 0 Å². The summed E-state index contributed by atoms with van der Waals surface area (Å²) in [7, 11) is 0. The molecular formula is C27H44O. The van der Waals surface area contributed by atoms with E-state index in [2.05, 4.69) is 90.9 Å². The van der Waals surface area contributed by atoms with Gasteiger partial charge in [-0.05, 0) is 41.2 Å². The summed E-state index contributed by atoms with van der Waals surface area (Å²) in [6, 6.07) is 21.1. The third kappa shape index (κ3) is 8.19. The van der Waals surface area contributed by atoms with E-state index >= 15 is 0 Å². The van der Waals surface area contributed by atoms with Gasteiger partial charge in [0, 0.05) is 5.92 Å². The van der Waals surface area contributed by atoms with E-state index in [0.717, 1.165) is 0 Å². The molecule has 3 atom stereocenters. The Bertz CT molecular complexity index is 612. The largest absolute Gasteiger partial charge is 0.393 e. The van der Waals surface area contributed by atoms with E-state index < -0.39 is 0 Å². The quantitative estimate of drug-likeness (QED) is 0.555. The van der Waals surface area contributed by atoms with Crippen molar-refractivity contribution >= 4 is 0 Å². The van der Waals surface area contributed by atoms with Gasteiger partial charge in [-0.3, -0.25) is 0 Å². The van der Waals surface area contributed by atoms with E-state index in [1.165, 1.54) is 11.1 Å². The third-order valence-corrected chi connectivity index (χ3v) is 5.18. The molecule has 1 heteroatoms. The van der Waals surface area contributed by atoms with Crippen molar-refractivity contribution in [3.63, 3.8) is 0 Å². The van der Waals surface area contributed by atoms with Gasteiger partial charge in [0.05, 0.1) is 6.10 Å². The summed E-state index contributed by atoms with van der Waals surface area (Å²) >= 11 is 0. The Morgan fingerprint density at radius 2 is 1.04 bits per heavy atom. The van der Waals surface area contributed by atoms with Gasteiger partial charge in [-0.1, -0.05) is 117 Å². The van der Waals surface area contributed by atoms with E-state index in [0.29, 0.717) is 23.2 Å². The van der Waals surface area contributed by atoms with E-state index in [-0.39, 0.29) is 19.4 Å². The zero-order chi connectivity index (χ0) is 20.6. The predicted molar refractivity (Wildman–Crippen MR) is 126 cm³/mol. The molecule has 1 N–H and O–H groups in total. The first-order valence-electron chi connectivity index (χ1n) is 10.3. The van der Waals surface area contributed by atoms with Gasteiger partial charge in [0.1, 0.15) is 0 Å². The average molecular weight is 385 g/mol. The summed E-state index contributed by atoms with van der Waals surface area (Å²) < 4.78 is 0. The smallest absolute Gasteiger partial charge is 0.0583 e. The van der Waals surface area contributed by atoms with Gasteiger partial charge in [-0.2, -0.15) is 0 Å². The maximum absolute atomic E-state index is 9.64. The van der Waals surface area contributed by atoms with Crippen molar-refractivity contribution in [3.05, 3.63) is 71.8 Å². The van der Waals surface area contributed by atoms with Crippen LogP contribution in [0.15, 0.2) is 60.7 Å². The Balaban J connectivity index is 0.000000504. The van der Waals surface area contributed by atoms with Crippen LogP contribution in [-0.4, -0.2) is 11.2 Å². The second-order valence-corrected chi connectivity index (χ2v) is 9.42. The molecule has 2 rings (SSSR count). The molecule has 0 bridgehead atoms. The molecule has 0 aliphatic rings. The lowest BCUT2D eigenvalue weighted by Gasteiger charge is -2.34. The average Bonchev–Trinajstić information content (AvgIpc) is 2.55. The first kappa shape index (κ1) is 26.4. The molecule has 0 aliphatic carbocycles. The van der Waals surface area contributed by atoms with E-state index in [1.54, 1.807) is 0 Å². The fourth-order valence-corrected chi connectivity index (χ4v) is 4.44. The summed E-state index contributed by atoms with van der Waals surface area (Å²) in [5.41, 5.74) is 3.04. The number of aliphatic hydroxyl groups excluding tert-OH is 1. The molecule has 158 valence electrons. The Labute approximate surface area is 175 Å². The molecule has 1 nitrogen and oxygen atoms in total. The molecule has 2 aromatic carbocycles. The number of hydrogen-bond acceptors (Lipinski definition) is 1. The Hall–Kier alpha value is -1.60. The van der Waals surface area contributed by atoms with Crippen molar-refractivity contribution in [2.45, 2.75) is 80.8 Å². The molecule has 0 aromatic heterocycles. The lowest BCUT2D eigenvalue weighted by Crippen LogP contribution is -2.23. The third-order valence-electron chi connectivity index (χ3n) is 5.18. The van der Waals surface area contributed by atoms with Gasteiger partial charge in [0.2, 0.25) is 0 Å². The molecule has 28 heavy (non-hydrogen) atoms. The minimum atomic E-state index is -0.276. The molecule has 0 amide bonds. The number of hydrogen-bond donors (Lipinski definition) is 1. The summed E-state index contributed by atoms with van der Waals surface area (Å²) in [6.07, 6.45) is -0.276. The molecular weight excluding hydrogens is 340 g/mol. The van der Waals surface area contributed by atoms with Crippen LogP contribution in [-0.2, 0) is 0 Å². The van der Waals surface area contributed by atoms with Crippen molar-refractivity contribution < 1.29 is 5.11 Å². The minimum absolute atomic E-state index is 0. The lowest BCUT2D eigenvalue weighted by molar-refractivity contribution is 0.140. The monoisotopic (exact) mass is 384 g/mol. The lowest BCUT2D eigenvalue weighted by atomic mass is 9.71. The van der Waals surface area contributed by atoms with Crippen molar-refractivity contribution in [2.24, 2.45) is 17.3 Å². The van der Waals surface area contributed by atoms with Gasteiger partial charge in [0.25, 0.3) is 0 Å². The molecule has 0 aliphatic heterocycles. The fraction of sp³-hybridized carbons (Fsp3) is 0.556. The maximum atomic E-state index is 9.64. The maximum Gasteiger partial charge on any atom is 0.0583 e. The molecule has 0 heterocycles. The van der Waals surface area contributed by atoms with Crippen LogP contribution in [0.4, 0.5) is 0 Å². The van der Waals surface area contributed by atoms with Crippen molar-refractivity contribution in [1.29, 1.82) is 0 Å². The van der Waals surface area contributed by atoms with Crippen LogP contribution in [0, 0.1) is 17.3 Å². The molecule has 0 unspecified atom stereocenters. The van der Waals surface area contributed by atoms with Gasteiger partial charge in [-0.15, -0.1) is 0 Å². The van der Waals surface area contributed by atoms with E-state index in [1.807, 2.05) is 25.1 Å². The highest BCUT2D eigenvalue weighted by Crippen LogP contribution is 2.40. The summed E-state index contributed by atoms with van der Waals surface area (Å²) in [5, 5.41) is 9.64. The number of aliphatic hydroxyl groups is 1.